The molecular formula is C22H29N7O7. The number of aliphatic carboxylic acids is 1. The number of benzene rings is 1. The molecule has 1 heterocycles. The fourth-order valence-corrected chi connectivity index (χ4v) is 3.41. The molecule has 14 heteroatoms. The first-order valence-electron chi connectivity index (χ1n) is 10.9. The van der Waals surface area contributed by atoms with Gasteiger partial charge in [-0.1, -0.05) is 18.2 Å². The van der Waals surface area contributed by atoms with Crippen LogP contribution in [-0.4, -0.2) is 70.3 Å². The Morgan fingerprint density at radius 1 is 0.917 bits per heavy atom. The summed E-state index contributed by atoms with van der Waals surface area (Å²) in [4.78, 5) is 74.4. The minimum Gasteiger partial charge on any atom is -0.480 e. The second kappa shape index (κ2) is 12.9. The van der Waals surface area contributed by atoms with Crippen molar-refractivity contribution in [3.8, 4) is 0 Å². The van der Waals surface area contributed by atoms with Crippen LogP contribution in [0.25, 0.3) is 10.9 Å². The highest BCUT2D eigenvalue weighted by molar-refractivity contribution is 5.96. The molecule has 0 spiro atoms. The van der Waals surface area contributed by atoms with Crippen LogP contribution in [0.1, 0.15) is 24.8 Å². The van der Waals surface area contributed by atoms with Crippen LogP contribution in [0.4, 0.5) is 0 Å². The summed E-state index contributed by atoms with van der Waals surface area (Å²) in [6.45, 7) is -0.742. The molecule has 0 bridgehead atoms. The van der Waals surface area contributed by atoms with Gasteiger partial charge in [0.15, 0.2) is 0 Å². The Balaban J connectivity index is 2.26. The van der Waals surface area contributed by atoms with Crippen LogP contribution < -0.4 is 33.2 Å². The number of nitrogens with two attached hydrogens (primary N) is 3. The van der Waals surface area contributed by atoms with E-state index in [1.54, 1.807) is 12.3 Å². The molecule has 0 fully saturated rings. The topological polar surface area (TPSA) is 253 Å². The van der Waals surface area contributed by atoms with Gasteiger partial charge in [-0.3, -0.25) is 28.8 Å². The van der Waals surface area contributed by atoms with E-state index >= 15 is 0 Å². The van der Waals surface area contributed by atoms with Crippen molar-refractivity contribution in [3.05, 3.63) is 36.0 Å². The predicted molar refractivity (Wildman–Crippen MR) is 127 cm³/mol. The molecule has 3 unspecified atom stereocenters. The molecule has 1 aromatic heterocycles. The van der Waals surface area contributed by atoms with Crippen LogP contribution in [0, 0.1) is 0 Å². The highest BCUT2D eigenvalue weighted by Crippen LogP contribution is 2.19. The van der Waals surface area contributed by atoms with Crippen molar-refractivity contribution in [1.29, 1.82) is 0 Å². The van der Waals surface area contributed by atoms with E-state index in [0.717, 1.165) is 10.9 Å². The number of nitrogens with one attached hydrogen (secondary N) is 4. The lowest BCUT2D eigenvalue weighted by molar-refractivity contribution is -0.138. The second-order valence-corrected chi connectivity index (χ2v) is 8.08. The zero-order chi connectivity index (χ0) is 26.8. The number of fused-ring (bicyclic) bond motifs is 1. The van der Waals surface area contributed by atoms with Gasteiger partial charge < -0.3 is 43.2 Å². The van der Waals surface area contributed by atoms with Crippen molar-refractivity contribution in [3.63, 3.8) is 0 Å². The third-order valence-corrected chi connectivity index (χ3v) is 5.22. The number of carboxylic acids is 1. The number of hydrogen-bond donors (Lipinski definition) is 8. The molecule has 0 radical (unpaired) electrons. The minimum atomic E-state index is -1.49. The Morgan fingerprint density at radius 3 is 2.22 bits per heavy atom. The summed E-state index contributed by atoms with van der Waals surface area (Å²) < 4.78 is 0. The number of carboxylic acid groups (broad SMARTS) is 1. The Bertz CT molecular complexity index is 1150. The van der Waals surface area contributed by atoms with Crippen molar-refractivity contribution in [2.45, 2.75) is 43.8 Å². The van der Waals surface area contributed by atoms with Gasteiger partial charge in [0.25, 0.3) is 0 Å². The van der Waals surface area contributed by atoms with E-state index in [1.165, 1.54) is 0 Å². The Morgan fingerprint density at radius 2 is 1.58 bits per heavy atom. The molecule has 0 aliphatic heterocycles. The average Bonchev–Trinajstić information content (AvgIpc) is 3.22. The third-order valence-electron chi connectivity index (χ3n) is 5.22. The number of hydrogen-bond acceptors (Lipinski definition) is 7. The highest BCUT2D eigenvalue weighted by atomic mass is 16.4. The summed E-state index contributed by atoms with van der Waals surface area (Å²) in [7, 11) is 0. The lowest BCUT2D eigenvalue weighted by Crippen LogP contribution is -2.57. The molecule has 5 amide bonds. The molecule has 2 aromatic rings. The van der Waals surface area contributed by atoms with Crippen molar-refractivity contribution in [1.82, 2.24) is 20.9 Å². The van der Waals surface area contributed by atoms with Crippen LogP contribution in [-0.2, 0) is 35.2 Å². The summed E-state index contributed by atoms with van der Waals surface area (Å²) in [5, 5.41) is 16.5. The van der Waals surface area contributed by atoms with Crippen LogP contribution in [0.2, 0.25) is 0 Å². The molecule has 0 aliphatic rings. The van der Waals surface area contributed by atoms with Crippen LogP contribution in [0.3, 0.4) is 0 Å². The third kappa shape index (κ3) is 8.39. The fraction of sp³-hybridized carbons (Fsp3) is 0.364. The quantitative estimate of drug-likeness (QED) is 0.135. The molecule has 36 heavy (non-hydrogen) atoms. The van der Waals surface area contributed by atoms with E-state index in [-0.39, 0.29) is 19.3 Å². The van der Waals surface area contributed by atoms with Gasteiger partial charge in [0, 0.05) is 29.9 Å². The predicted octanol–water partition coefficient (Wildman–Crippen LogP) is -2.65. The van der Waals surface area contributed by atoms with E-state index in [0.29, 0.717) is 5.56 Å². The first kappa shape index (κ1) is 27.8. The van der Waals surface area contributed by atoms with Gasteiger partial charge in [0.1, 0.15) is 18.6 Å². The van der Waals surface area contributed by atoms with Gasteiger partial charge in [-0.25, -0.2) is 0 Å². The first-order chi connectivity index (χ1) is 17.0. The summed E-state index contributed by atoms with van der Waals surface area (Å²) in [6, 6.07) is 3.36. The Labute approximate surface area is 205 Å². The largest absolute Gasteiger partial charge is 0.480 e. The van der Waals surface area contributed by atoms with Crippen LogP contribution >= 0.6 is 0 Å². The summed E-state index contributed by atoms with van der Waals surface area (Å²) in [5.41, 5.74) is 17.5. The molecule has 3 atom stereocenters. The van der Waals surface area contributed by atoms with Crippen LogP contribution in [0.5, 0.6) is 0 Å². The number of aromatic amines is 1. The zero-order valence-electron chi connectivity index (χ0n) is 19.3. The standard InChI is InChI=1S/C22H29N7O7/c23-13(5-6-17(24)30)20(34)28-15(7-11-9-26-14-4-2-1-3-12(11)14)22(36)29-16(8-18(25)31)21(35)27-10-19(32)33/h1-4,9,13,15-16,26H,5-8,10,23H2,(H2,24,30)(H2,25,31)(H,27,35)(H,28,34)(H,29,36)(H,32,33). The van der Waals surface area contributed by atoms with Gasteiger partial charge in [-0.15, -0.1) is 0 Å². The van der Waals surface area contributed by atoms with Crippen molar-refractivity contribution < 1.29 is 33.9 Å². The van der Waals surface area contributed by atoms with Gasteiger partial charge in [0.2, 0.25) is 29.5 Å². The van der Waals surface area contributed by atoms with Gasteiger partial charge in [-0.2, -0.15) is 0 Å². The van der Waals surface area contributed by atoms with Crippen molar-refractivity contribution in [2.24, 2.45) is 17.2 Å². The number of primary amides is 2. The highest BCUT2D eigenvalue weighted by Gasteiger charge is 2.30. The smallest absolute Gasteiger partial charge is 0.322 e. The first-order valence-corrected chi connectivity index (χ1v) is 10.9. The maximum Gasteiger partial charge on any atom is 0.322 e. The maximum absolute atomic E-state index is 13.2. The monoisotopic (exact) mass is 503 g/mol. The lowest BCUT2D eigenvalue weighted by Gasteiger charge is -2.23. The Kier molecular flexibility index (Phi) is 9.92. The SMILES string of the molecule is NC(=O)CCC(N)C(=O)NC(Cc1c[nH]c2ccccc12)C(=O)NC(CC(N)=O)C(=O)NCC(=O)O. The van der Waals surface area contributed by atoms with E-state index in [9.17, 15) is 28.8 Å². The summed E-state index contributed by atoms with van der Waals surface area (Å²) in [5.74, 6) is -5.42. The number of H-pyrrole nitrogens is 1. The number of para-hydroxylation sites is 1. The second-order valence-electron chi connectivity index (χ2n) is 8.08. The fourth-order valence-electron chi connectivity index (χ4n) is 3.41. The van der Waals surface area contributed by atoms with Crippen molar-refractivity contribution in [2.75, 3.05) is 6.54 Å². The summed E-state index contributed by atoms with van der Waals surface area (Å²) >= 11 is 0. The number of aromatic nitrogens is 1. The molecule has 0 aliphatic carbocycles. The molecular weight excluding hydrogens is 474 g/mol. The van der Waals surface area contributed by atoms with Gasteiger partial charge >= 0.3 is 5.97 Å². The average molecular weight is 504 g/mol. The number of carbonyl (C=O) groups excluding carboxylic acids is 5. The molecule has 1 aromatic carbocycles. The molecule has 0 saturated heterocycles. The Hall–Kier alpha value is -4.46. The molecule has 0 saturated carbocycles. The maximum atomic E-state index is 13.2. The molecule has 14 nitrogen and oxygen atoms in total. The van der Waals surface area contributed by atoms with Crippen LogP contribution in [0.15, 0.2) is 30.5 Å². The minimum absolute atomic E-state index is 0.0236. The van der Waals surface area contributed by atoms with E-state index in [2.05, 4.69) is 20.9 Å². The summed E-state index contributed by atoms with van der Waals surface area (Å²) in [6.07, 6.45) is 0.834. The van der Waals surface area contributed by atoms with Gasteiger partial charge in [-0.05, 0) is 18.1 Å². The molecule has 2 rings (SSSR count). The molecule has 194 valence electrons. The number of rotatable bonds is 14. The lowest BCUT2D eigenvalue weighted by atomic mass is 10.0. The number of amides is 5. The zero-order valence-corrected chi connectivity index (χ0v) is 19.3. The van der Waals surface area contributed by atoms with Gasteiger partial charge in [0.05, 0.1) is 12.5 Å². The van der Waals surface area contributed by atoms with E-state index < -0.39 is 66.6 Å². The number of carbonyl (C=O) groups is 6. The van der Waals surface area contributed by atoms with E-state index in [4.69, 9.17) is 22.3 Å². The molecule has 11 N–H and O–H groups in total. The van der Waals surface area contributed by atoms with Crippen molar-refractivity contribution >= 4 is 46.4 Å². The normalized spacial score (nSPS) is 13.2. The van der Waals surface area contributed by atoms with E-state index in [1.807, 2.05) is 18.2 Å².